The molecule has 0 saturated heterocycles. The van der Waals surface area contributed by atoms with Crippen LogP contribution < -0.4 is 10.5 Å². The van der Waals surface area contributed by atoms with Gasteiger partial charge in [0.25, 0.3) is 0 Å². The van der Waals surface area contributed by atoms with Crippen LogP contribution in [0, 0.1) is 18.6 Å². The van der Waals surface area contributed by atoms with E-state index in [4.69, 9.17) is 10.5 Å². The Bertz CT molecular complexity index is 631. The molecule has 4 nitrogen and oxygen atoms in total. The van der Waals surface area contributed by atoms with Crippen molar-refractivity contribution in [2.45, 2.75) is 6.92 Å². The maximum atomic E-state index is 13.8. The van der Waals surface area contributed by atoms with Crippen LogP contribution in [0.2, 0.25) is 0 Å². The molecule has 100 valence electrons. The van der Waals surface area contributed by atoms with Crippen molar-refractivity contribution in [3.05, 3.63) is 41.1 Å². The Morgan fingerprint density at radius 3 is 2.32 bits per heavy atom. The SMILES string of the molecule is Cc1cc(Oc2c(F)cc(C(N)=S)cc2F)n(C)n1. The minimum atomic E-state index is -0.873. The Morgan fingerprint density at radius 2 is 1.89 bits per heavy atom. The highest BCUT2D eigenvalue weighted by Crippen LogP contribution is 2.28. The number of hydrogen-bond acceptors (Lipinski definition) is 3. The molecule has 0 saturated carbocycles. The van der Waals surface area contributed by atoms with Crippen LogP contribution in [-0.4, -0.2) is 14.8 Å². The third kappa shape index (κ3) is 2.70. The minimum Gasteiger partial charge on any atom is -0.433 e. The first-order chi connectivity index (χ1) is 8.88. The summed E-state index contributed by atoms with van der Waals surface area (Å²) in [6.45, 7) is 1.75. The zero-order valence-corrected chi connectivity index (χ0v) is 11.1. The van der Waals surface area contributed by atoms with E-state index in [1.165, 1.54) is 4.68 Å². The number of aromatic nitrogens is 2. The lowest BCUT2D eigenvalue weighted by Gasteiger charge is -2.09. The monoisotopic (exact) mass is 283 g/mol. The molecule has 2 rings (SSSR count). The number of halogens is 2. The highest BCUT2D eigenvalue weighted by atomic mass is 32.1. The topological polar surface area (TPSA) is 53.1 Å². The maximum absolute atomic E-state index is 13.8. The molecule has 0 bridgehead atoms. The summed E-state index contributed by atoms with van der Waals surface area (Å²) in [4.78, 5) is -0.0827. The van der Waals surface area contributed by atoms with Gasteiger partial charge in [0, 0.05) is 18.7 Å². The van der Waals surface area contributed by atoms with Crippen LogP contribution in [0.15, 0.2) is 18.2 Å². The van der Waals surface area contributed by atoms with Gasteiger partial charge in [0.05, 0.1) is 5.69 Å². The Morgan fingerprint density at radius 1 is 1.32 bits per heavy atom. The van der Waals surface area contributed by atoms with Crippen molar-refractivity contribution in [1.29, 1.82) is 0 Å². The van der Waals surface area contributed by atoms with Crippen molar-refractivity contribution < 1.29 is 13.5 Å². The molecular formula is C12H11F2N3OS. The molecule has 7 heteroatoms. The fourth-order valence-corrected chi connectivity index (χ4v) is 1.70. The van der Waals surface area contributed by atoms with Crippen molar-refractivity contribution in [2.75, 3.05) is 0 Å². The number of ether oxygens (including phenoxy) is 1. The standard InChI is InChI=1S/C12H11F2N3OS/c1-6-3-10(17(2)16-6)18-11-8(13)4-7(12(15)19)5-9(11)14/h3-5H,1-2H3,(H2,15,19). The summed E-state index contributed by atoms with van der Waals surface area (Å²) in [5.74, 6) is -2.02. The molecule has 1 heterocycles. The summed E-state index contributed by atoms with van der Waals surface area (Å²) in [7, 11) is 1.61. The summed E-state index contributed by atoms with van der Waals surface area (Å²) in [6.07, 6.45) is 0. The largest absolute Gasteiger partial charge is 0.433 e. The second-order valence-corrected chi connectivity index (χ2v) is 4.42. The van der Waals surface area contributed by atoms with E-state index < -0.39 is 17.4 Å². The van der Waals surface area contributed by atoms with Gasteiger partial charge in [-0.3, -0.25) is 0 Å². The summed E-state index contributed by atoms with van der Waals surface area (Å²) < 4.78 is 34.1. The molecule has 19 heavy (non-hydrogen) atoms. The van der Waals surface area contributed by atoms with Crippen LogP contribution in [-0.2, 0) is 7.05 Å². The number of hydrogen-bond donors (Lipinski definition) is 1. The zero-order valence-electron chi connectivity index (χ0n) is 10.3. The molecule has 0 fully saturated rings. The molecule has 0 aliphatic carbocycles. The fourth-order valence-electron chi connectivity index (χ4n) is 1.59. The second kappa shape index (κ2) is 4.93. The van der Waals surface area contributed by atoms with E-state index in [9.17, 15) is 8.78 Å². The van der Waals surface area contributed by atoms with Gasteiger partial charge >= 0.3 is 0 Å². The second-order valence-electron chi connectivity index (χ2n) is 3.98. The Kier molecular flexibility index (Phi) is 3.48. The molecule has 0 amide bonds. The van der Waals surface area contributed by atoms with E-state index in [0.717, 1.165) is 12.1 Å². The lowest BCUT2D eigenvalue weighted by Crippen LogP contribution is -2.10. The molecule has 1 aromatic heterocycles. The van der Waals surface area contributed by atoms with E-state index in [2.05, 4.69) is 17.3 Å². The number of rotatable bonds is 3. The quantitative estimate of drug-likeness (QED) is 0.879. The molecule has 0 radical (unpaired) electrons. The lowest BCUT2D eigenvalue weighted by atomic mass is 10.2. The van der Waals surface area contributed by atoms with Crippen molar-refractivity contribution in [2.24, 2.45) is 12.8 Å². The first-order valence-electron chi connectivity index (χ1n) is 5.36. The summed E-state index contributed by atoms with van der Waals surface area (Å²) in [5.41, 5.74) is 6.11. The van der Waals surface area contributed by atoms with E-state index in [0.29, 0.717) is 5.69 Å². The zero-order chi connectivity index (χ0) is 14.2. The molecule has 0 spiro atoms. The average Bonchev–Trinajstić information content (AvgIpc) is 2.62. The molecule has 0 aliphatic heterocycles. The van der Waals surface area contributed by atoms with Gasteiger partial charge in [-0.15, -0.1) is 0 Å². The Labute approximate surface area is 113 Å². The van der Waals surface area contributed by atoms with Gasteiger partial charge in [0.15, 0.2) is 11.6 Å². The minimum absolute atomic E-state index is 0.0827. The van der Waals surface area contributed by atoms with Gasteiger partial charge in [-0.2, -0.15) is 5.10 Å². The van der Waals surface area contributed by atoms with Gasteiger partial charge in [-0.25, -0.2) is 13.5 Å². The van der Waals surface area contributed by atoms with Crippen LogP contribution in [0.5, 0.6) is 11.6 Å². The van der Waals surface area contributed by atoms with Crippen molar-refractivity contribution in [3.8, 4) is 11.6 Å². The molecule has 0 atom stereocenters. The van der Waals surface area contributed by atoms with Gasteiger partial charge < -0.3 is 10.5 Å². The predicted octanol–water partition coefficient (Wildman–Crippen LogP) is 2.43. The van der Waals surface area contributed by atoms with E-state index >= 15 is 0 Å². The van der Waals surface area contributed by atoms with Crippen LogP contribution in [0.4, 0.5) is 8.78 Å². The van der Waals surface area contributed by atoms with Gasteiger partial charge in [-0.05, 0) is 19.1 Å². The smallest absolute Gasteiger partial charge is 0.218 e. The lowest BCUT2D eigenvalue weighted by molar-refractivity contribution is 0.377. The fraction of sp³-hybridized carbons (Fsp3) is 0.167. The number of aryl methyl sites for hydroxylation is 2. The summed E-state index contributed by atoms with van der Waals surface area (Å²) in [6, 6.07) is 3.63. The molecule has 0 aliphatic rings. The number of nitrogens with two attached hydrogens (primary N) is 1. The molecular weight excluding hydrogens is 272 g/mol. The number of nitrogens with zero attached hydrogens (tertiary/aromatic N) is 2. The van der Waals surface area contributed by atoms with Crippen LogP contribution in [0.3, 0.4) is 0 Å². The van der Waals surface area contributed by atoms with Crippen molar-refractivity contribution >= 4 is 17.2 Å². The third-order valence-corrected chi connectivity index (χ3v) is 2.68. The molecule has 0 unspecified atom stereocenters. The van der Waals surface area contributed by atoms with Crippen LogP contribution in [0.1, 0.15) is 11.3 Å². The van der Waals surface area contributed by atoms with Crippen molar-refractivity contribution in [1.82, 2.24) is 9.78 Å². The Hall–Kier alpha value is -2.02. The molecule has 2 aromatic rings. The summed E-state index contributed by atoms with van der Waals surface area (Å²) >= 11 is 4.67. The number of benzene rings is 1. The average molecular weight is 283 g/mol. The van der Waals surface area contributed by atoms with Crippen LogP contribution >= 0.6 is 12.2 Å². The van der Waals surface area contributed by atoms with E-state index in [-0.39, 0.29) is 16.4 Å². The van der Waals surface area contributed by atoms with E-state index in [1.54, 1.807) is 20.0 Å². The van der Waals surface area contributed by atoms with Gasteiger partial charge in [-0.1, -0.05) is 12.2 Å². The first kappa shape index (κ1) is 13.4. The first-order valence-corrected chi connectivity index (χ1v) is 5.76. The van der Waals surface area contributed by atoms with Gasteiger partial charge in [0.2, 0.25) is 11.6 Å². The predicted molar refractivity (Wildman–Crippen MR) is 70.3 cm³/mol. The normalized spacial score (nSPS) is 10.5. The van der Waals surface area contributed by atoms with E-state index in [1.807, 2.05) is 0 Å². The highest BCUT2D eigenvalue weighted by Gasteiger charge is 2.16. The molecule has 2 N–H and O–H groups in total. The third-order valence-electron chi connectivity index (χ3n) is 2.45. The number of thiocarbonyl (C=S) groups is 1. The van der Waals surface area contributed by atoms with Gasteiger partial charge in [0.1, 0.15) is 4.99 Å². The highest BCUT2D eigenvalue weighted by molar-refractivity contribution is 7.80. The molecule has 1 aromatic carbocycles. The van der Waals surface area contributed by atoms with Crippen molar-refractivity contribution in [3.63, 3.8) is 0 Å². The van der Waals surface area contributed by atoms with Crippen LogP contribution in [0.25, 0.3) is 0 Å². The maximum Gasteiger partial charge on any atom is 0.218 e. The Balaban J connectivity index is 2.41. The summed E-state index contributed by atoms with van der Waals surface area (Å²) in [5, 5.41) is 4.02.